The van der Waals surface area contributed by atoms with Crippen molar-refractivity contribution in [3.8, 4) is 0 Å². The lowest BCUT2D eigenvalue weighted by Crippen LogP contribution is -2.33. The SMILES string of the molecule is OCCNC(F)(F)F. The van der Waals surface area contributed by atoms with E-state index in [2.05, 4.69) is 0 Å². The zero-order valence-corrected chi connectivity index (χ0v) is 4.00. The van der Waals surface area contributed by atoms with E-state index in [9.17, 15) is 13.2 Å². The molecule has 0 saturated heterocycles. The molecule has 0 fully saturated rings. The first-order chi connectivity index (χ1) is 3.56. The average Bonchev–Trinajstić information content (AvgIpc) is 1.59. The van der Waals surface area contributed by atoms with Crippen LogP contribution in [0.1, 0.15) is 0 Å². The van der Waals surface area contributed by atoms with Gasteiger partial charge in [-0.25, -0.2) is 5.32 Å². The number of nitrogens with one attached hydrogen (secondary N) is 1. The molecule has 2 N–H and O–H groups in total. The van der Waals surface area contributed by atoms with Crippen LogP contribution in [0.15, 0.2) is 0 Å². The van der Waals surface area contributed by atoms with Gasteiger partial charge in [0.25, 0.3) is 0 Å². The Morgan fingerprint density at radius 1 is 1.38 bits per heavy atom. The maximum atomic E-state index is 11.0. The number of aliphatic hydroxyl groups is 1. The molecule has 0 aliphatic rings. The highest BCUT2D eigenvalue weighted by Gasteiger charge is 2.25. The molecule has 0 rings (SSSR count). The summed E-state index contributed by atoms with van der Waals surface area (Å²) in [6.07, 6.45) is -4.36. The predicted molar refractivity (Wildman–Crippen MR) is 21.1 cm³/mol. The van der Waals surface area contributed by atoms with Crippen molar-refractivity contribution in [1.82, 2.24) is 5.32 Å². The van der Waals surface area contributed by atoms with E-state index < -0.39 is 19.5 Å². The van der Waals surface area contributed by atoms with Gasteiger partial charge in [0.15, 0.2) is 0 Å². The summed E-state index contributed by atoms with van der Waals surface area (Å²) in [6, 6.07) is 0. The number of halogens is 3. The maximum Gasteiger partial charge on any atom is 0.457 e. The van der Waals surface area contributed by atoms with Gasteiger partial charge in [0, 0.05) is 6.54 Å². The van der Waals surface area contributed by atoms with Gasteiger partial charge in [-0.1, -0.05) is 0 Å². The zero-order chi connectivity index (χ0) is 6.62. The highest BCUT2D eigenvalue weighted by Crippen LogP contribution is 2.07. The van der Waals surface area contributed by atoms with E-state index in [4.69, 9.17) is 5.11 Å². The Bertz CT molecular complexity index is 62.0. The molecule has 0 radical (unpaired) electrons. The van der Waals surface area contributed by atoms with E-state index in [1.165, 1.54) is 0 Å². The van der Waals surface area contributed by atoms with Crippen LogP contribution in [0, 0.1) is 0 Å². The van der Waals surface area contributed by atoms with Crippen LogP contribution in [0.4, 0.5) is 13.2 Å². The number of rotatable bonds is 2. The summed E-state index contributed by atoms with van der Waals surface area (Å²) in [7, 11) is 0. The van der Waals surface area contributed by atoms with Crippen molar-refractivity contribution < 1.29 is 18.3 Å². The first kappa shape index (κ1) is 7.71. The molecule has 2 nitrogen and oxygen atoms in total. The molecule has 0 atom stereocenters. The molecule has 8 heavy (non-hydrogen) atoms. The first-order valence-corrected chi connectivity index (χ1v) is 1.99. The van der Waals surface area contributed by atoms with Gasteiger partial charge >= 0.3 is 6.30 Å². The van der Waals surface area contributed by atoms with Crippen molar-refractivity contribution in [2.45, 2.75) is 6.30 Å². The second kappa shape index (κ2) is 2.88. The lowest BCUT2D eigenvalue weighted by atomic mass is 10.7. The van der Waals surface area contributed by atoms with Gasteiger partial charge in [-0.05, 0) is 0 Å². The van der Waals surface area contributed by atoms with Gasteiger partial charge in [-0.2, -0.15) is 13.2 Å². The topological polar surface area (TPSA) is 32.3 Å². The molecule has 0 aromatic carbocycles. The average molecular weight is 129 g/mol. The van der Waals surface area contributed by atoms with Crippen LogP contribution in [-0.4, -0.2) is 24.6 Å². The number of alkyl halides is 3. The Hall–Kier alpha value is -0.290. The van der Waals surface area contributed by atoms with Crippen molar-refractivity contribution in [1.29, 1.82) is 0 Å². The minimum Gasteiger partial charge on any atom is -0.395 e. The normalized spacial score (nSPS) is 12.0. The van der Waals surface area contributed by atoms with Crippen LogP contribution in [-0.2, 0) is 0 Å². The fourth-order valence-electron chi connectivity index (χ4n) is 0.198. The first-order valence-electron chi connectivity index (χ1n) is 1.99. The Morgan fingerprint density at radius 3 is 2.00 bits per heavy atom. The quantitative estimate of drug-likeness (QED) is 0.518. The lowest BCUT2D eigenvalue weighted by molar-refractivity contribution is -0.157. The van der Waals surface area contributed by atoms with E-state index in [0.29, 0.717) is 0 Å². The summed E-state index contributed by atoms with van der Waals surface area (Å²) in [5.41, 5.74) is 0. The van der Waals surface area contributed by atoms with Crippen molar-refractivity contribution in [3.63, 3.8) is 0 Å². The van der Waals surface area contributed by atoms with Gasteiger partial charge in [0.1, 0.15) is 0 Å². The molecular weight excluding hydrogens is 123 g/mol. The second-order valence-corrected chi connectivity index (χ2v) is 1.15. The summed E-state index contributed by atoms with van der Waals surface area (Å²) >= 11 is 0. The number of hydrogen-bond donors (Lipinski definition) is 2. The molecule has 0 unspecified atom stereocenters. The minimum absolute atomic E-state index is 0.441. The highest BCUT2D eigenvalue weighted by atomic mass is 19.4. The highest BCUT2D eigenvalue weighted by molar-refractivity contribution is 4.44. The number of hydrogen-bond acceptors (Lipinski definition) is 2. The molecule has 5 heteroatoms. The molecule has 0 aromatic heterocycles. The van der Waals surface area contributed by atoms with E-state index in [0.717, 1.165) is 5.32 Å². The standard InChI is InChI=1S/C3H6F3NO/c4-3(5,6)7-1-2-8/h7-8H,1-2H2. The van der Waals surface area contributed by atoms with Gasteiger partial charge < -0.3 is 5.11 Å². The number of aliphatic hydroxyl groups excluding tert-OH is 1. The van der Waals surface area contributed by atoms with Gasteiger partial charge in [0.2, 0.25) is 0 Å². The molecule has 0 aliphatic carbocycles. The van der Waals surface area contributed by atoms with E-state index in [1.54, 1.807) is 0 Å². The van der Waals surface area contributed by atoms with Crippen LogP contribution in [0.2, 0.25) is 0 Å². The fourth-order valence-corrected chi connectivity index (χ4v) is 0.198. The Balaban J connectivity index is 3.11. The molecule has 0 amide bonds. The second-order valence-electron chi connectivity index (χ2n) is 1.15. The molecule has 0 spiro atoms. The third-order valence-electron chi connectivity index (χ3n) is 0.437. The summed E-state index contributed by atoms with van der Waals surface area (Å²) < 4.78 is 33.1. The monoisotopic (exact) mass is 129 g/mol. The van der Waals surface area contributed by atoms with Crippen LogP contribution >= 0.6 is 0 Å². The van der Waals surface area contributed by atoms with Crippen LogP contribution in [0.25, 0.3) is 0 Å². The summed E-state index contributed by atoms with van der Waals surface area (Å²) in [4.78, 5) is 0. The van der Waals surface area contributed by atoms with E-state index in [-0.39, 0.29) is 0 Å². The fraction of sp³-hybridized carbons (Fsp3) is 1.00. The summed E-state index contributed by atoms with van der Waals surface area (Å²) in [6.45, 7) is -0.941. The Morgan fingerprint density at radius 2 is 1.88 bits per heavy atom. The summed E-state index contributed by atoms with van der Waals surface area (Å²) in [5, 5.41) is 8.99. The molecule has 0 aromatic rings. The minimum atomic E-state index is -4.36. The maximum absolute atomic E-state index is 11.0. The smallest absolute Gasteiger partial charge is 0.395 e. The third-order valence-corrected chi connectivity index (χ3v) is 0.437. The molecule has 0 saturated carbocycles. The van der Waals surface area contributed by atoms with Crippen molar-refractivity contribution in [3.05, 3.63) is 0 Å². The molecule has 0 aliphatic heterocycles. The molecule has 50 valence electrons. The van der Waals surface area contributed by atoms with Crippen LogP contribution in [0.5, 0.6) is 0 Å². The Kier molecular flexibility index (Phi) is 2.78. The Labute approximate surface area is 44.3 Å². The van der Waals surface area contributed by atoms with Crippen LogP contribution in [0.3, 0.4) is 0 Å². The van der Waals surface area contributed by atoms with Gasteiger partial charge in [0.05, 0.1) is 6.61 Å². The van der Waals surface area contributed by atoms with Crippen molar-refractivity contribution in [2.24, 2.45) is 0 Å². The third kappa shape index (κ3) is 5.71. The largest absolute Gasteiger partial charge is 0.457 e. The van der Waals surface area contributed by atoms with Crippen molar-refractivity contribution >= 4 is 0 Å². The van der Waals surface area contributed by atoms with Gasteiger partial charge in [-0.3, -0.25) is 0 Å². The predicted octanol–water partition coefficient (Wildman–Crippen LogP) is 0.0881. The van der Waals surface area contributed by atoms with Crippen molar-refractivity contribution in [2.75, 3.05) is 13.2 Å². The summed E-state index contributed by atoms with van der Waals surface area (Å²) in [5.74, 6) is 0. The zero-order valence-electron chi connectivity index (χ0n) is 4.00. The molecule has 0 bridgehead atoms. The molecular formula is C3H6F3NO. The van der Waals surface area contributed by atoms with Gasteiger partial charge in [-0.15, -0.1) is 0 Å². The van der Waals surface area contributed by atoms with E-state index >= 15 is 0 Å². The lowest BCUT2D eigenvalue weighted by Gasteiger charge is -2.04. The van der Waals surface area contributed by atoms with Crippen LogP contribution < -0.4 is 5.32 Å². The molecule has 0 heterocycles. The van der Waals surface area contributed by atoms with E-state index in [1.807, 2.05) is 0 Å².